The minimum absolute atomic E-state index is 0.481. The van der Waals surface area contributed by atoms with Crippen molar-refractivity contribution < 1.29 is 14.2 Å². The second-order valence-electron chi connectivity index (χ2n) is 5.05. The summed E-state index contributed by atoms with van der Waals surface area (Å²) in [5, 5.41) is 5.27. The number of hydrogen-bond donors (Lipinski definition) is 1. The van der Waals surface area contributed by atoms with Crippen LogP contribution in [0.2, 0.25) is 0 Å². The lowest BCUT2D eigenvalue weighted by molar-refractivity contribution is 0.272. The lowest BCUT2D eigenvalue weighted by atomic mass is 10.4. The Labute approximate surface area is 141 Å². The van der Waals surface area contributed by atoms with Crippen LogP contribution in [-0.2, 0) is 0 Å². The van der Waals surface area contributed by atoms with E-state index in [1.807, 2.05) is 36.4 Å². The van der Waals surface area contributed by atoms with Crippen molar-refractivity contribution in [3.63, 3.8) is 0 Å². The molecule has 124 valence electrons. The van der Waals surface area contributed by atoms with Gasteiger partial charge >= 0.3 is 0 Å². The van der Waals surface area contributed by atoms with E-state index in [0.717, 1.165) is 17.4 Å². The number of methoxy groups -OCH3 is 2. The first-order chi connectivity index (χ1) is 11.3. The molecule has 0 amide bonds. The van der Waals surface area contributed by atoms with Crippen LogP contribution >= 0.6 is 11.9 Å². The predicted molar refractivity (Wildman–Crippen MR) is 92.0 cm³/mol. The van der Waals surface area contributed by atoms with Gasteiger partial charge in [-0.05, 0) is 48.9 Å². The molecule has 1 aromatic carbocycles. The molecular formula is C17H22N2O3S. The van der Waals surface area contributed by atoms with Crippen molar-refractivity contribution in [1.29, 1.82) is 0 Å². The fourth-order valence-electron chi connectivity index (χ4n) is 1.77. The zero-order valence-electron chi connectivity index (χ0n) is 13.4. The van der Waals surface area contributed by atoms with Crippen LogP contribution in [0.5, 0.6) is 17.5 Å². The second kappa shape index (κ2) is 9.27. The first-order valence-corrected chi connectivity index (χ1v) is 8.28. The van der Waals surface area contributed by atoms with Gasteiger partial charge < -0.3 is 14.2 Å². The first-order valence-electron chi connectivity index (χ1n) is 7.40. The van der Waals surface area contributed by atoms with Gasteiger partial charge in [0.15, 0.2) is 5.75 Å². The van der Waals surface area contributed by atoms with Crippen LogP contribution in [-0.4, -0.2) is 25.8 Å². The lowest BCUT2D eigenvalue weighted by Gasteiger charge is -2.09. The van der Waals surface area contributed by atoms with Gasteiger partial charge in [0.05, 0.1) is 20.8 Å². The molecule has 0 saturated heterocycles. The number of aromatic nitrogens is 1. The largest absolute Gasteiger partial charge is 0.488 e. The molecule has 0 bridgehead atoms. The van der Waals surface area contributed by atoms with Gasteiger partial charge in [-0.3, -0.25) is 5.14 Å². The lowest BCUT2D eigenvalue weighted by Crippen LogP contribution is -2.02. The van der Waals surface area contributed by atoms with E-state index < -0.39 is 0 Å². The van der Waals surface area contributed by atoms with Crippen molar-refractivity contribution in [3.05, 3.63) is 42.5 Å². The van der Waals surface area contributed by atoms with Gasteiger partial charge in [-0.1, -0.05) is 18.2 Å². The fourth-order valence-corrected chi connectivity index (χ4v) is 2.09. The SMILES string of the molecule is COc1ccc(OCC2CC2)c(OC)n1.NSc1ccccc1. The van der Waals surface area contributed by atoms with E-state index in [1.54, 1.807) is 20.3 Å². The zero-order valence-corrected chi connectivity index (χ0v) is 14.2. The summed E-state index contributed by atoms with van der Waals surface area (Å²) >= 11 is 1.27. The summed E-state index contributed by atoms with van der Waals surface area (Å²) in [5.41, 5.74) is 0. The molecule has 0 atom stereocenters. The number of nitrogens with two attached hydrogens (primary N) is 1. The number of benzene rings is 1. The maximum Gasteiger partial charge on any atom is 0.260 e. The van der Waals surface area contributed by atoms with Crippen molar-refractivity contribution >= 4 is 11.9 Å². The summed E-state index contributed by atoms with van der Waals surface area (Å²) in [4.78, 5) is 5.24. The molecule has 1 aromatic heterocycles. The molecule has 0 radical (unpaired) electrons. The van der Waals surface area contributed by atoms with E-state index in [-0.39, 0.29) is 0 Å². The van der Waals surface area contributed by atoms with Crippen molar-refractivity contribution in [2.24, 2.45) is 11.1 Å². The quantitative estimate of drug-likeness (QED) is 0.815. The van der Waals surface area contributed by atoms with Crippen LogP contribution in [0, 0.1) is 5.92 Å². The molecule has 0 aliphatic heterocycles. The highest BCUT2D eigenvalue weighted by atomic mass is 32.2. The van der Waals surface area contributed by atoms with Gasteiger partial charge in [0.1, 0.15) is 0 Å². The molecule has 1 heterocycles. The van der Waals surface area contributed by atoms with Crippen LogP contribution in [0.15, 0.2) is 47.4 Å². The average molecular weight is 334 g/mol. The summed E-state index contributed by atoms with van der Waals surface area (Å²) in [6.07, 6.45) is 2.54. The summed E-state index contributed by atoms with van der Waals surface area (Å²) in [5.74, 6) is 2.42. The summed E-state index contributed by atoms with van der Waals surface area (Å²) < 4.78 is 15.7. The highest BCUT2D eigenvalue weighted by Gasteiger charge is 2.22. The Morgan fingerprint density at radius 3 is 2.35 bits per heavy atom. The number of ether oxygens (including phenoxy) is 3. The van der Waals surface area contributed by atoms with Crippen molar-refractivity contribution in [3.8, 4) is 17.5 Å². The summed E-state index contributed by atoms with van der Waals surface area (Å²) in [7, 11) is 3.15. The molecule has 0 unspecified atom stereocenters. The monoisotopic (exact) mass is 334 g/mol. The standard InChI is InChI=1S/C11H15NO3.C6H7NS/c1-13-10-6-5-9(11(12-10)14-2)15-7-8-3-4-8;7-8-6-4-2-1-3-5-6/h5-6,8H,3-4,7H2,1-2H3;1-5H,7H2. The Kier molecular flexibility index (Phi) is 7.03. The molecule has 6 heteroatoms. The molecule has 3 rings (SSSR count). The minimum Gasteiger partial charge on any atom is -0.488 e. The van der Waals surface area contributed by atoms with Crippen LogP contribution in [0.25, 0.3) is 0 Å². The summed E-state index contributed by atoms with van der Waals surface area (Å²) in [6, 6.07) is 13.5. The van der Waals surface area contributed by atoms with Gasteiger partial charge in [0.2, 0.25) is 5.88 Å². The van der Waals surface area contributed by atoms with Gasteiger partial charge in [-0.25, -0.2) is 0 Å². The highest BCUT2D eigenvalue weighted by Crippen LogP contribution is 2.32. The summed E-state index contributed by atoms with van der Waals surface area (Å²) in [6.45, 7) is 0.754. The fraction of sp³-hybridized carbons (Fsp3) is 0.353. The van der Waals surface area contributed by atoms with E-state index in [9.17, 15) is 0 Å². The maximum absolute atomic E-state index is 5.61. The Morgan fingerprint density at radius 1 is 1.09 bits per heavy atom. The zero-order chi connectivity index (χ0) is 16.5. The Morgan fingerprint density at radius 2 is 1.83 bits per heavy atom. The number of hydrogen-bond acceptors (Lipinski definition) is 6. The predicted octanol–water partition coefficient (Wildman–Crippen LogP) is 3.54. The average Bonchev–Trinajstić information content (AvgIpc) is 3.45. The molecule has 2 aromatic rings. The van der Waals surface area contributed by atoms with E-state index in [2.05, 4.69) is 4.98 Å². The third-order valence-electron chi connectivity index (χ3n) is 3.25. The number of pyridine rings is 1. The third-order valence-corrected chi connectivity index (χ3v) is 3.80. The molecule has 23 heavy (non-hydrogen) atoms. The normalized spacial score (nSPS) is 12.8. The van der Waals surface area contributed by atoms with Crippen molar-refractivity contribution in [1.82, 2.24) is 4.98 Å². The number of rotatable bonds is 6. The van der Waals surface area contributed by atoms with Crippen molar-refractivity contribution in [2.75, 3.05) is 20.8 Å². The van der Waals surface area contributed by atoms with Crippen LogP contribution in [0.4, 0.5) is 0 Å². The van der Waals surface area contributed by atoms with Crippen LogP contribution in [0.1, 0.15) is 12.8 Å². The van der Waals surface area contributed by atoms with Crippen LogP contribution < -0.4 is 19.3 Å². The van der Waals surface area contributed by atoms with Gasteiger partial charge in [-0.2, -0.15) is 4.98 Å². The highest BCUT2D eigenvalue weighted by molar-refractivity contribution is 7.97. The minimum atomic E-state index is 0.481. The van der Waals surface area contributed by atoms with E-state index in [4.69, 9.17) is 19.3 Å². The Balaban J connectivity index is 0.000000203. The molecule has 1 aliphatic rings. The van der Waals surface area contributed by atoms with Gasteiger partial charge in [-0.15, -0.1) is 0 Å². The molecule has 1 saturated carbocycles. The van der Waals surface area contributed by atoms with Crippen LogP contribution in [0.3, 0.4) is 0 Å². The van der Waals surface area contributed by atoms with Gasteiger partial charge in [0.25, 0.3) is 5.88 Å². The third kappa shape index (κ3) is 6.00. The number of nitrogens with zero attached hydrogens (tertiary/aromatic N) is 1. The molecule has 0 spiro atoms. The first kappa shape index (κ1) is 17.4. The second-order valence-corrected chi connectivity index (χ2v) is 5.75. The Hall–Kier alpha value is -1.92. The van der Waals surface area contributed by atoms with E-state index in [1.165, 1.54) is 24.8 Å². The topological polar surface area (TPSA) is 66.6 Å². The van der Waals surface area contributed by atoms with E-state index in [0.29, 0.717) is 17.5 Å². The Bertz CT molecular complexity index is 592. The molecule has 1 fully saturated rings. The molecule has 2 N–H and O–H groups in total. The maximum atomic E-state index is 5.61. The van der Waals surface area contributed by atoms with Crippen molar-refractivity contribution in [2.45, 2.75) is 17.7 Å². The van der Waals surface area contributed by atoms with Gasteiger partial charge in [0, 0.05) is 11.0 Å². The molecular weight excluding hydrogens is 312 g/mol. The smallest absolute Gasteiger partial charge is 0.260 e. The molecule has 1 aliphatic carbocycles. The molecule has 5 nitrogen and oxygen atoms in total. The van der Waals surface area contributed by atoms with E-state index >= 15 is 0 Å².